The molecule has 0 bridgehead atoms. The van der Waals surface area contributed by atoms with Gasteiger partial charge in [-0.1, -0.05) is 36.8 Å². The second-order valence-electron chi connectivity index (χ2n) is 5.00. The number of ether oxygens (including phenoxy) is 1. The van der Waals surface area contributed by atoms with E-state index in [0.29, 0.717) is 6.04 Å². The Hall–Kier alpha value is -0.900. The quantitative estimate of drug-likeness (QED) is 0.860. The molecule has 2 rings (SSSR count). The lowest BCUT2D eigenvalue weighted by molar-refractivity contribution is -0.0107. The zero-order valence-corrected chi connectivity index (χ0v) is 11.5. The van der Waals surface area contributed by atoms with Crippen LogP contribution in [0.3, 0.4) is 0 Å². The number of nitrogens with zero attached hydrogens (tertiary/aromatic N) is 1. The van der Waals surface area contributed by atoms with Gasteiger partial charge in [0.05, 0.1) is 13.2 Å². The molecule has 0 amide bonds. The molecule has 0 spiro atoms. The molecule has 100 valence electrons. The van der Waals surface area contributed by atoms with Crippen LogP contribution in [0.2, 0.25) is 0 Å². The van der Waals surface area contributed by atoms with E-state index >= 15 is 0 Å². The average Bonchev–Trinajstić information content (AvgIpc) is 2.38. The molecule has 1 aliphatic rings. The van der Waals surface area contributed by atoms with Crippen LogP contribution in [0.1, 0.15) is 18.1 Å². The molecule has 1 N–H and O–H groups in total. The molecule has 3 nitrogen and oxygen atoms in total. The highest BCUT2D eigenvalue weighted by molar-refractivity contribution is 5.22. The van der Waals surface area contributed by atoms with Crippen LogP contribution in [0.4, 0.5) is 0 Å². The molecule has 3 heteroatoms. The van der Waals surface area contributed by atoms with Gasteiger partial charge < -0.3 is 10.1 Å². The maximum Gasteiger partial charge on any atom is 0.0635 e. The number of rotatable bonds is 5. The molecule has 0 aromatic heterocycles. The standard InChI is InChI=1S/C15H24N2O/c1-3-16-10-15-12-18-8-7-17(15)11-14-6-4-5-13(2)9-14/h4-6,9,15-16H,3,7-8,10-12H2,1-2H3. The molecule has 0 radical (unpaired) electrons. The molecule has 1 aliphatic heterocycles. The Morgan fingerprint density at radius 2 is 2.33 bits per heavy atom. The molecular formula is C15H24N2O. The summed E-state index contributed by atoms with van der Waals surface area (Å²) in [5, 5.41) is 3.42. The molecule has 0 aliphatic carbocycles. The van der Waals surface area contributed by atoms with Crippen LogP contribution in [0.15, 0.2) is 24.3 Å². The van der Waals surface area contributed by atoms with Crippen LogP contribution < -0.4 is 5.32 Å². The van der Waals surface area contributed by atoms with Crippen LogP contribution >= 0.6 is 0 Å². The molecule has 18 heavy (non-hydrogen) atoms. The molecule has 1 aromatic rings. The van der Waals surface area contributed by atoms with Gasteiger partial charge in [-0.15, -0.1) is 0 Å². The normalized spacial score (nSPS) is 21.1. The third-order valence-corrected chi connectivity index (χ3v) is 3.45. The number of morpholine rings is 1. The van der Waals surface area contributed by atoms with Gasteiger partial charge in [-0.2, -0.15) is 0 Å². The number of hydrogen-bond donors (Lipinski definition) is 1. The van der Waals surface area contributed by atoms with Crippen molar-refractivity contribution >= 4 is 0 Å². The molecule has 1 fully saturated rings. The Balaban J connectivity index is 1.96. The van der Waals surface area contributed by atoms with Crippen molar-refractivity contribution in [1.29, 1.82) is 0 Å². The van der Waals surface area contributed by atoms with Crippen molar-refractivity contribution in [2.24, 2.45) is 0 Å². The Morgan fingerprint density at radius 1 is 1.44 bits per heavy atom. The largest absolute Gasteiger partial charge is 0.378 e. The lowest BCUT2D eigenvalue weighted by atomic mass is 10.1. The van der Waals surface area contributed by atoms with Crippen LogP contribution in [0.25, 0.3) is 0 Å². The van der Waals surface area contributed by atoms with E-state index in [-0.39, 0.29) is 0 Å². The van der Waals surface area contributed by atoms with E-state index in [0.717, 1.165) is 39.4 Å². The van der Waals surface area contributed by atoms with Gasteiger partial charge in [-0.25, -0.2) is 0 Å². The van der Waals surface area contributed by atoms with E-state index in [1.54, 1.807) is 0 Å². The zero-order chi connectivity index (χ0) is 12.8. The predicted octanol–water partition coefficient (Wildman–Crippen LogP) is 1.81. The van der Waals surface area contributed by atoms with Crippen molar-refractivity contribution in [1.82, 2.24) is 10.2 Å². The molecule has 1 unspecified atom stereocenters. The van der Waals surface area contributed by atoms with Gasteiger partial charge in [0.25, 0.3) is 0 Å². The highest BCUT2D eigenvalue weighted by atomic mass is 16.5. The molecule has 1 saturated heterocycles. The molecule has 1 atom stereocenters. The number of hydrogen-bond acceptors (Lipinski definition) is 3. The second kappa shape index (κ2) is 6.88. The SMILES string of the molecule is CCNCC1COCCN1Cc1cccc(C)c1. The summed E-state index contributed by atoms with van der Waals surface area (Å²) < 4.78 is 5.59. The highest BCUT2D eigenvalue weighted by Gasteiger charge is 2.22. The Bertz CT molecular complexity index is 367. The Kier molecular flexibility index (Phi) is 5.17. The fraction of sp³-hybridized carbons (Fsp3) is 0.600. The number of aryl methyl sites for hydroxylation is 1. The van der Waals surface area contributed by atoms with Gasteiger partial charge in [-0.05, 0) is 19.0 Å². The van der Waals surface area contributed by atoms with Crippen molar-refractivity contribution in [3.05, 3.63) is 35.4 Å². The number of benzene rings is 1. The maximum atomic E-state index is 5.59. The van der Waals surface area contributed by atoms with E-state index in [1.165, 1.54) is 11.1 Å². The van der Waals surface area contributed by atoms with Gasteiger partial charge in [0, 0.05) is 25.7 Å². The first-order valence-electron chi connectivity index (χ1n) is 6.87. The average molecular weight is 248 g/mol. The minimum atomic E-state index is 0.499. The summed E-state index contributed by atoms with van der Waals surface area (Å²) in [6.45, 7) is 10.1. The summed E-state index contributed by atoms with van der Waals surface area (Å²) in [5.74, 6) is 0. The summed E-state index contributed by atoms with van der Waals surface area (Å²) in [4.78, 5) is 2.53. The summed E-state index contributed by atoms with van der Waals surface area (Å²) in [7, 11) is 0. The van der Waals surface area contributed by atoms with E-state index in [9.17, 15) is 0 Å². The molecule has 1 heterocycles. The zero-order valence-electron chi connectivity index (χ0n) is 11.5. The molecule has 1 aromatic carbocycles. The van der Waals surface area contributed by atoms with Crippen LogP contribution in [0, 0.1) is 6.92 Å². The fourth-order valence-electron chi connectivity index (χ4n) is 2.44. The summed E-state index contributed by atoms with van der Waals surface area (Å²) in [6, 6.07) is 9.29. The van der Waals surface area contributed by atoms with Gasteiger partial charge in [0.2, 0.25) is 0 Å². The molecule has 0 saturated carbocycles. The Morgan fingerprint density at radius 3 is 3.11 bits per heavy atom. The predicted molar refractivity (Wildman–Crippen MR) is 74.7 cm³/mol. The monoisotopic (exact) mass is 248 g/mol. The maximum absolute atomic E-state index is 5.59. The first-order chi connectivity index (χ1) is 8.79. The topological polar surface area (TPSA) is 24.5 Å². The minimum Gasteiger partial charge on any atom is -0.378 e. The Labute approximate surface area is 110 Å². The first-order valence-corrected chi connectivity index (χ1v) is 6.87. The van der Waals surface area contributed by atoms with E-state index in [2.05, 4.69) is 48.3 Å². The lowest BCUT2D eigenvalue weighted by Gasteiger charge is -2.35. The van der Waals surface area contributed by atoms with Gasteiger partial charge in [0.15, 0.2) is 0 Å². The van der Waals surface area contributed by atoms with Gasteiger partial charge in [-0.3, -0.25) is 4.90 Å². The smallest absolute Gasteiger partial charge is 0.0635 e. The van der Waals surface area contributed by atoms with Crippen molar-refractivity contribution in [3.63, 3.8) is 0 Å². The van der Waals surface area contributed by atoms with E-state index in [4.69, 9.17) is 4.74 Å². The second-order valence-corrected chi connectivity index (χ2v) is 5.00. The van der Waals surface area contributed by atoms with E-state index in [1.807, 2.05) is 0 Å². The fourth-order valence-corrected chi connectivity index (χ4v) is 2.44. The van der Waals surface area contributed by atoms with Gasteiger partial charge in [0.1, 0.15) is 0 Å². The molecular weight excluding hydrogens is 224 g/mol. The number of likely N-dealkylation sites (N-methyl/N-ethyl adjacent to an activating group) is 1. The summed E-state index contributed by atoms with van der Waals surface area (Å²) >= 11 is 0. The third-order valence-electron chi connectivity index (χ3n) is 3.45. The number of nitrogens with one attached hydrogen (secondary N) is 1. The van der Waals surface area contributed by atoms with E-state index < -0.39 is 0 Å². The van der Waals surface area contributed by atoms with Gasteiger partial charge >= 0.3 is 0 Å². The van der Waals surface area contributed by atoms with Crippen molar-refractivity contribution in [2.75, 3.05) is 32.8 Å². The third kappa shape index (κ3) is 3.80. The summed E-state index contributed by atoms with van der Waals surface area (Å²) in [6.07, 6.45) is 0. The van der Waals surface area contributed by atoms with Crippen LogP contribution in [0.5, 0.6) is 0 Å². The van der Waals surface area contributed by atoms with Crippen molar-refractivity contribution in [3.8, 4) is 0 Å². The first kappa shape index (κ1) is 13.5. The minimum absolute atomic E-state index is 0.499. The van der Waals surface area contributed by atoms with Crippen molar-refractivity contribution in [2.45, 2.75) is 26.4 Å². The van der Waals surface area contributed by atoms with Crippen LogP contribution in [-0.4, -0.2) is 43.8 Å². The van der Waals surface area contributed by atoms with Crippen molar-refractivity contribution < 1.29 is 4.74 Å². The summed E-state index contributed by atoms with van der Waals surface area (Å²) in [5.41, 5.74) is 2.74. The lowest BCUT2D eigenvalue weighted by Crippen LogP contribution is -2.49. The highest BCUT2D eigenvalue weighted by Crippen LogP contribution is 2.13. The van der Waals surface area contributed by atoms with Crippen LogP contribution in [-0.2, 0) is 11.3 Å².